The fourth-order valence-electron chi connectivity index (χ4n) is 2.29. The fourth-order valence-corrected chi connectivity index (χ4v) is 2.29. The van der Waals surface area contributed by atoms with Gasteiger partial charge in [-0.25, -0.2) is 0 Å². The monoisotopic (exact) mass is 217 g/mol. The van der Waals surface area contributed by atoms with Crippen LogP contribution in [0.1, 0.15) is 0 Å². The molecule has 2 aromatic rings. The van der Waals surface area contributed by atoms with Gasteiger partial charge >= 0.3 is 0 Å². The van der Waals surface area contributed by atoms with Gasteiger partial charge < -0.3 is 19.8 Å². The van der Waals surface area contributed by atoms with Gasteiger partial charge in [0.15, 0.2) is 0 Å². The summed E-state index contributed by atoms with van der Waals surface area (Å²) < 4.78 is 11.2. The van der Waals surface area contributed by atoms with Crippen molar-refractivity contribution in [3.8, 4) is 5.88 Å². The second-order valence-electron chi connectivity index (χ2n) is 4.20. The first-order chi connectivity index (χ1) is 7.90. The van der Waals surface area contributed by atoms with E-state index in [1.807, 2.05) is 12.3 Å². The molecule has 2 aliphatic rings. The van der Waals surface area contributed by atoms with Gasteiger partial charge in [-0.05, 0) is 12.1 Å². The lowest BCUT2D eigenvalue weighted by Crippen LogP contribution is -2.40. The van der Waals surface area contributed by atoms with E-state index in [9.17, 15) is 0 Å². The van der Waals surface area contributed by atoms with Gasteiger partial charge in [0.1, 0.15) is 11.8 Å². The highest BCUT2D eigenvalue weighted by Crippen LogP contribution is 2.33. The van der Waals surface area contributed by atoms with Gasteiger partial charge in [-0.1, -0.05) is 0 Å². The van der Waals surface area contributed by atoms with Crippen LogP contribution in [0.4, 0.5) is 5.69 Å². The minimum Gasteiger partial charge on any atom is -0.468 e. The third-order valence-corrected chi connectivity index (χ3v) is 3.13. The molecule has 0 saturated carbocycles. The first-order valence-electron chi connectivity index (χ1n) is 5.39. The first-order valence-corrected chi connectivity index (χ1v) is 5.39. The number of aromatic nitrogens is 2. The lowest BCUT2D eigenvalue weighted by Gasteiger charge is -2.27. The molecular formula is C11H11N3O2. The van der Waals surface area contributed by atoms with Gasteiger partial charge in [0.05, 0.1) is 24.9 Å². The Morgan fingerprint density at radius 3 is 3.38 bits per heavy atom. The van der Waals surface area contributed by atoms with Crippen molar-refractivity contribution in [1.29, 1.82) is 0 Å². The number of hydrogen-bond donors (Lipinski definition) is 2. The molecule has 2 atom stereocenters. The number of anilines is 1. The van der Waals surface area contributed by atoms with Crippen LogP contribution < -0.4 is 10.1 Å². The molecule has 1 fully saturated rings. The quantitative estimate of drug-likeness (QED) is 0.694. The molecule has 2 aliphatic heterocycles. The first kappa shape index (κ1) is 8.41. The number of aromatic amines is 1. The van der Waals surface area contributed by atoms with Crippen LogP contribution in [-0.2, 0) is 4.74 Å². The normalized spacial score (nSPS) is 27.0. The van der Waals surface area contributed by atoms with Crippen LogP contribution in [-0.4, -0.2) is 35.3 Å². The Kier molecular flexibility index (Phi) is 1.52. The Morgan fingerprint density at radius 2 is 2.38 bits per heavy atom. The van der Waals surface area contributed by atoms with Crippen LogP contribution in [0.2, 0.25) is 0 Å². The number of H-pyrrole nitrogens is 1. The van der Waals surface area contributed by atoms with E-state index in [1.54, 1.807) is 0 Å². The van der Waals surface area contributed by atoms with Gasteiger partial charge in [0.2, 0.25) is 5.88 Å². The second-order valence-corrected chi connectivity index (χ2v) is 4.20. The van der Waals surface area contributed by atoms with Gasteiger partial charge in [0, 0.05) is 11.6 Å². The van der Waals surface area contributed by atoms with Crippen molar-refractivity contribution in [1.82, 2.24) is 9.97 Å². The average molecular weight is 217 g/mol. The van der Waals surface area contributed by atoms with E-state index >= 15 is 0 Å². The molecule has 0 radical (unpaired) electrons. The highest BCUT2D eigenvalue weighted by Gasteiger charge is 2.35. The Morgan fingerprint density at radius 1 is 1.38 bits per heavy atom. The molecule has 2 aromatic heterocycles. The molecule has 2 unspecified atom stereocenters. The average Bonchev–Trinajstić information content (AvgIpc) is 2.89. The minimum absolute atomic E-state index is 0.0902. The Hall–Kier alpha value is -1.75. The van der Waals surface area contributed by atoms with Crippen molar-refractivity contribution in [3.05, 3.63) is 18.3 Å². The van der Waals surface area contributed by atoms with Gasteiger partial charge in [0.25, 0.3) is 0 Å². The molecule has 0 aromatic carbocycles. The molecular weight excluding hydrogens is 206 g/mol. The van der Waals surface area contributed by atoms with Crippen molar-refractivity contribution in [2.24, 2.45) is 0 Å². The molecule has 1 saturated heterocycles. The maximum absolute atomic E-state index is 5.81. The zero-order chi connectivity index (χ0) is 10.5. The van der Waals surface area contributed by atoms with Crippen LogP contribution in [0.25, 0.3) is 11.0 Å². The Balaban J connectivity index is 1.85. The summed E-state index contributed by atoms with van der Waals surface area (Å²) in [7, 11) is 0. The summed E-state index contributed by atoms with van der Waals surface area (Å²) in [4.78, 5) is 7.52. The zero-order valence-corrected chi connectivity index (χ0v) is 8.56. The van der Waals surface area contributed by atoms with Crippen molar-refractivity contribution in [2.75, 3.05) is 18.5 Å². The van der Waals surface area contributed by atoms with E-state index < -0.39 is 0 Å². The van der Waals surface area contributed by atoms with Gasteiger partial charge in [-0.2, -0.15) is 4.98 Å². The third kappa shape index (κ3) is 1.06. The zero-order valence-electron chi connectivity index (χ0n) is 8.56. The van der Waals surface area contributed by atoms with Gasteiger partial charge in [-0.3, -0.25) is 0 Å². The topological polar surface area (TPSA) is 59.2 Å². The second kappa shape index (κ2) is 2.89. The summed E-state index contributed by atoms with van der Waals surface area (Å²) in [6, 6.07) is 4.32. The number of rotatable bonds is 0. The summed E-state index contributed by atoms with van der Waals surface area (Å²) >= 11 is 0. The molecule has 82 valence electrons. The SMILES string of the molecule is c1cc2cc3c(nc2[nH]1)OC1COCC1N3. The molecule has 0 spiro atoms. The predicted octanol–water partition coefficient (Wildman–Crippen LogP) is 1.13. The van der Waals surface area contributed by atoms with E-state index in [-0.39, 0.29) is 12.1 Å². The smallest absolute Gasteiger partial charge is 0.239 e. The largest absolute Gasteiger partial charge is 0.468 e. The van der Waals surface area contributed by atoms with Crippen LogP contribution in [0.3, 0.4) is 0 Å². The summed E-state index contributed by atoms with van der Waals surface area (Å²) in [6.07, 6.45) is 1.97. The van der Waals surface area contributed by atoms with Crippen LogP contribution >= 0.6 is 0 Å². The summed E-state index contributed by atoms with van der Waals surface area (Å²) in [5, 5.41) is 4.50. The third-order valence-electron chi connectivity index (χ3n) is 3.13. The van der Waals surface area contributed by atoms with E-state index in [1.165, 1.54) is 0 Å². The molecule has 0 amide bonds. The maximum atomic E-state index is 5.81. The lowest BCUT2D eigenvalue weighted by molar-refractivity contribution is 0.136. The number of fused-ring (bicyclic) bond motifs is 3. The van der Waals surface area contributed by atoms with Crippen molar-refractivity contribution in [3.63, 3.8) is 0 Å². The molecule has 16 heavy (non-hydrogen) atoms. The molecule has 4 heterocycles. The highest BCUT2D eigenvalue weighted by molar-refractivity contribution is 5.81. The van der Waals surface area contributed by atoms with Gasteiger partial charge in [-0.15, -0.1) is 0 Å². The van der Waals surface area contributed by atoms with E-state index in [0.29, 0.717) is 19.1 Å². The number of pyridine rings is 1. The lowest BCUT2D eigenvalue weighted by atomic mass is 10.1. The summed E-state index contributed by atoms with van der Waals surface area (Å²) in [5.41, 5.74) is 1.82. The molecule has 5 heteroatoms. The van der Waals surface area contributed by atoms with Crippen LogP contribution in [0.5, 0.6) is 5.88 Å². The van der Waals surface area contributed by atoms with Crippen molar-refractivity contribution >= 4 is 16.7 Å². The van der Waals surface area contributed by atoms with Crippen molar-refractivity contribution < 1.29 is 9.47 Å². The number of ether oxygens (including phenoxy) is 2. The standard InChI is InChI=1S/C11H11N3O2/c1-2-12-10-6(1)3-7-11(14-10)16-9-5-15-4-8(9)13-7/h1-3,8-9,13H,4-5H2,(H,12,14). The molecule has 0 bridgehead atoms. The summed E-state index contributed by atoms with van der Waals surface area (Å²) in [5.74, 6) is 0.668. The van der Waals surface area contributed by atoms with E-state index in [0.717, 1.165) is 16.7 Å². The van der Waals surface area contributed by atoms with E-state index in [2.05, 4.69) is 21.4 Å². The van der Waals surface area contributed by atoms with Crippen LogP contribution in [0.15, 0.2) is 18.3 Å². The molecule has 2 N–H and O–H groups in total. The molecule has 4 rings (SSSR count). The molecule has 0 aliphatic carbocycles. The number of hydrogen-bond acceptors (Lipinski definition) is 4. The van der Waals surface area contributed by atoms with E-state index in [4.69, 9.17) is 9.47 Å². The Bertz CT molecular complexity index is 505. The molecule has 5 nitrogen and oxygen atoms in total. The minimum atomic E-state index is 0.0902. The van der Waals surface area contributed by atoms with Crippen molar-refractivity contribution in [2.45, 2.75) is 12.1 Å². The number of nitrogens with one attached hydrogen (secondary N) is 2. The highest BCUT2D eigenvalue weighted by atomic mass is 16.6. The maximum Gasteiger partial charge on any atom is 0.239 e. The predicted molar refractivity (Wildman–Crippen MR) is 58.7 cm³/mol. The van der Waals surface area contributed by atoms with Crippen LogP contribution in [0, 0.1) is 0 Å². The number of nitrogens with zero attached hydrogens (tertiary/aromatic N) is 1. The fraction of sp³-hybridized carbons (Fsp3) is 0.364. The summed E-state index contributed by atoms with van der Waals surface area (Å²) in [6.45, 7) is 1.34. The Labute approximate surface area is 91.8 Å².